The molecule has 0 fully saturated rings. The van der Waals surface area contributed by atoms with Crippen molar-refractivity contribution < 1.29 is 17.9 Å². The van der Waals surface area contributed by atoms with E-state index in [0.29, 0.717) is 11.4 Å². The van der Waals surface area contributed by atoms with Gasteiger partial charge in [-0.15, -0.1) is 0 Å². The lowest BCUT2D eigenvalue weighted by molar-refractivity contribution is -0.123. The van der Waals surface area contributed by atoms with Crippen molar-refractivity contribution >= 4 is 21.6 Å². The summed E-state index contributed by atoms with van der Waals surface area (Å²) >= 11 is 0. The highest BCUT2D eigenvalue weighted by Crippen LogP contribution is 2.23. The molecule has 0 spiro atoms. The molecule has 1 amide bonds. The number of carbonyl (C=O) groups excluding carboxylic acids is 1. The summed E-state index contributed by atoms with van der Waals surface area (Å²) in [5, 5.41) is 2.89. The monoisotopic (exact) mass is 438 g/mol. The summed E-state index contributed by atoms with van der Waals surface area (Å²) in [6, 6.07) is 25.6. The minimum Gasteiger partial charge on any atom is -0.484 e. The van der Waals surface area contributed by atoms with E-state index in [9.17, 15) is 13.2 Å². The highest BCUT2D eigenvalue weighted by molar-refractivity contribution is 7.92. The number of nitrogens with one attached hydrogen (secondary N) is 1. The number of sulfonamides is 1. The van der Waals surface area contributed by atoms with Gasteiger partial charge in [0.05, 0.1) is 24.5 Å². The Kier molecular flexibility index (Phi) is 7.31. The molecular formula is C24H26N2O4S. The maximum atomic E-state index is 12.3. The number of anilines is 1. The molecular weight excluding hydrogens is 412 g/mol. The van der Waals surface area contributed by atoms with E-state index in [2.05, 4.69) is 5.32 Å². The van der Waals surface area contributed by atoms with Crippen molar-refractivity contribution in [1.29, 1.82) is 0 Å². The Morgan fingerprint density at radius 1 is 0.935 bits per heavy atom. The SMILES string of the molecule is C[C@@H](NC(=O)COc1ccc(N(Cc2ccccc2)S(C)(=O)=O)cc1)c1ccccc1. The first-order valence-corrected chi connectivity index (χ1v) is 11.8. The van der Waals surface area contributed by atoms with Gasteiger partial charge in [-0.1, -0.05) is 60.7 Å². The molecule has 0 saturated carbocycles. The number of nitrogens with zero attached hydrogens (tertiary/aromatic N) is 1. The predicted octanol–water partition coefficient (Wildman–Crippen LogP) is 3.91. The molecule has 0 unspecified atom stereocenters. The molecule has 0 aliphatic heterocycles. The maximum absolute atomic E-state index is 12.3. The Labute approximate surface area is 183 Å². The van der Waals surface area contributed by atoms with Crippen molar-refractivity contribution in [3.8, 4) is 5.75 Å². The summed E-state index contributed by atoms with van der Waals surface area (Å²) in [6.45, 7) is 2.02. The number of hydrogen-bond acceptors (Lipinski definition) is 4. The van der Waals surface area contributed by atoms with E-state index in [1.165, 1.54) is 10.6 Å². The standard InChI is InChI=1S/C24H26N2O4S/c1-19(21-11-7-4-8-12-21)25-24(27)18-30-23-15-13-22(14-16-23)26(31(2,28)29)17-20-9-5-3-6-10-20/h3-16,19H,17-18H2,1-2H3,(H,25,27)/t19-/m1/s1. The Bertz CT molecular complexity index is 1090. The van der Waals surface area contributed by atoms with E-state index in [1.54, 1.807) is 24.3 Å². The van der Waals surface area contributed by atoms with Gasteiger partial charge in [-0.3, -0.25) is 9.10 Å². The van der Waals surface area contributed by atoms with E-state index in [-0.39, 0.29) is 25.1 Å². The van der Waals surface area contributed by atoms with E-state index < -0.39 is 10.0 Å². The van der Waals surface area contributed by atoms with Crippen molar-refractivity contribution in [3.63, 3.8) is 0 Å². The van der Waals surface area contributed by atoms with Crippen molar-refractivity contribution in [3.05, 3.63) is 96.1 Å². The van der Waals surface area contributed by atoms with Gasteiger partial charge in [0, 0.05) is 0 Å². The van der Waals surface area contributed by atoms with Gasteiger partial charge in [0.1, 0.15) is 5.75 Å². The highest BCUT2D eigenvalue weighted by Gasteiger charge is 2.18. The first-order chi connectivity index (χ1) is 14.8. The topological polar surface area (TPSA) is 75.7 Å². The molecule has 0 aliphatic carbocycles. The number of carbonyl (C=O) groups is 1. The second-order valence-corrected chi connectivity index (χ2v) is 9.14. The lowest BCUT2D eigenvalue weighted by atomic mass is 10.1. The van der Waals surface area contributed by atoms with Crippen molar-refractivity contribution in [2.45, 2.75) is 19.5 Å². The van der Waals surface area contributed by atoms with Crippen LogP contribution in [-0.4, -0.2) is 27.2 Å². The van der Waals surface area contributed by atoms with Crippen LogP contribution in [0.5, 0.6) is 5.75 Å². The van der Waals surface area contributed by atoms with Gasteiger partial charge in [-0.25, -0.2) is 8.42 Å². The van der Waals surface area contributed by atoms with Crippen LogP contribution in [0.25, 0.3) is 0 Å². The molecule has 3 aromatic rings. The van der Waals surface area contributed by atoms with Crippen LogP contribution in [0.1, 0.15) is 24.1 Å². The molecule has 0 aliphatic rings. The van der Waals surface area contributed by atoms with Crippen molar-refractivity contribution in [2.75, 3.05) is 17.2 Å². The summed E-state index contributed by atoms with van der Waals surface area (Å²) in [5.41, 5.74) is 2.43. The highest BCUT2D eigenvalue weighted by atomic mass is 32.2. The van der Waals surface area contributed by atoms with Gasteiger partial charge in [-0.05, 0) is 42.3 Å². The summed E-state index contributed by atoms with van der Waals surface area (Å²) in [6.07, 6.45) is 1.18. The zero-order chi connectivity index (χ0) is 22.3. The molecule has 7 heteroatoms. The van der Waals surface area contributed by atoms with Gasteiger partial charge in [-0.2, -0.15) is 0 Å². The fourth-order valence-corrected chi connectivity index (χ4v) is 4.00. The quantitative estimate of drug-likeness (QED) is 0.550. The van der Waals surface area contributed by atoms with Crippen LogP contribution in [0, 0.1) is 0 Å². The van der Waals surface area contributed by atoms with Crippen LogP contribution in [-0.2, 0) is 21.4 Å². The molecule has 0 aromatic heterocycles. The average molecular weight is 439 g/mol. The molecule has 162 valence electrons. The summed E-state index contributed by atoms with van der Waals surface area (Å²) < 4.78 is 31.5. The normalized spacial score (nSPS) is 12.1. The van der Waals surface area contributed by atoms with E-state index in [0.717, 1.165) is 11.1 Å². The summed E-state index contributed by atoms with van der Waals surface area (Å²) in [5.74, 6) is 0.252. The van der Waals surface area contributed by atoms with Crippen LogP contribution < -0.4 is 14.4 Å². The minimum atomic E-state index is -3.47. The number of ether oxygens (including phenoxy) is 1. The second kappa shape index (κ2) is 10.1. The fourth-order valence-electron chi connectivity index (χ4n) is 3.11. The van der Waals surface area contributed by atoms with E-state index in [1.807, 2.05) is 67.6 Å². The largest absolute Gasteiger partial charge is 0.484 e. The zero-order valence-corrected chi connectivity index (χ0v) is 18.4. The molecule has 0 heterocycles. The van der Waals surface area contributed by atoms with Gasteiger partial charge < -0.3 is 10.1 Å². The summed E-state index contributed by atoms with van der Waals surface area (Å²) in [4.78, 5) is 12.2. The van der Waals surface area contributed by atoms with Gasteiger partial charge in [0.2, 0.25) is 10.0 Å². The molecule has 6 nitrogen and oxygen atoms in total. The van der Waals surface area contributed by atoms with Crippen LogP contribution in [0.4, 0.5) is 5.69 Å². The van der Waals surface area contributed by atoms with Crippen LogP contribution >= 0.6 is 0 Å². The first kappa shape index (κ1) is 22.4. The second-order valence-electron chi connectivity index (χ2n) is 7.24. The Balaban J connectivity index is 1.60. The maximum Gasteiger partial charge on any atom is 0.258 e. The lowest BCUT2D eigenvalue weighted by Gasteiger charge is -2.23. The molecule has 1 N–H and O–H groups in total. The number of rotatable bonds is 9. The third-order valence-electron chi connectivity index (χ3n) is 4.74. The number of amides is 1. The number of benzene rings is 3. The van der Waals surface area contributed by atoms with Gasteiger partial charge in [0.15, 0.2) is 6.61 Å². The molecule has 0 saturated heterocycles. The van der Waals surface area contributed by atoms with Crippen LogP contribution in [0.3, 0.4) is 0 Å². The van der Waals surface area contributed by atoms with Gasteiger partial charge >= 0.3 is 0 Å². The molecule has 31 heavy (non-hydrogen) atoms. The molecule has 0 radical (unpaired) electrons. The Morgan fingerprint density at radius 2 is 1.52 bits per heavy atom. The number of hydrogen-bond donors (Lipinski definition) is 1. The van der Waals surface area contributed by atoms with Crippen molar-refractivity contribution in [2.24, 2.45) is 0 Å². The average Bonchev–Trinajstić information content (AvgIpc) is 2.77. The van der Waals surface area contributed by atoms with E-state index >= 15 is 0 Å². The van der Waals surface area contributed by atoms with E-state index in [4.69, 9.17) is 4.74 Å². The smallest absolute Gasteiger partial charge is 0.258 e. The first-order valence-electron chi connectivity index (χ1n) is 9.92. The lowest BCUT2D eigenvalue weighted by Crippen LogP contribution is -2.31. The molecule has 3 aromatic carbocycles. The minimum absolute atomic E-state index is 0.124. The zero-order valence-electron chi connectivity index (χ0n) is 17.6. The fraction of sp³-hybridized carbons (Fsp3) is 0.208. The molecule has 3 rings (SSSR count). The Hall–Kier alpha value is -3.32. The predicted molar refractivity (Wildman–Crippen MR) is 122 cm³/mol. The van der Waals surface area contributed by atoms with Crippen LogP contribution in [0.15, 0.2) is 84.9 Å². The Morgan fingerprint density at radius 3 is 2.10 bits per heavy atom. The summed E-state index contributed by atoms with van der Waals surface area (Å²) in [7, 11) is -3.47. The third kappa shape index (κ3) is 6.58. The third-order valence-corrected chi connectivity index (χ3v) is 5.88. The van der Waals surface area contributed by atoms with Crippen molar-refractivity contribution in [1.82, 2.24) is 5.32 Å². The van der Waals surface area contributed by atoms with Gasteiger partial charge in [0.25, 0.3) is 5.91 Å². The molecule has 0 bridgehead atoms. The van der Waals surface area contributed by atoms with Crippen LogP contribution in [0.2, 0.25) is 0 Å². The molecule has 1 atom stereocenters.